The lowest BCUT2D eigenvalue weighted by Gasteiger charge is -2.38. The molecule has 0 radical (unpaired) electrons. The third kappa shape index (κ3) is 4.74. The Morgan fingerprint density at radius 1 is 1.14 bits per heavy atom. The number of urea groups is 1. The van der Waals surface area contributed by atoms with E-state index in [1.165, 1.54) is 4.90 Å². The van der Waals surface area contributed by atoms with Crippen LogP contribution in [0.15, 0.2) is 54.9 Å². The molecule has 1 fully saturated rings. The molecule has 0 aliphatic carbocycles. The molecular weight excluding hydrogens is 368 g/mol. The summed E-state index contributed by atoms with van der Waals surface area (Å²) in [6.07, 6.45) is 4.29. The molecule has 7 heteroatoms. The number of aromatic nitrogens is 2. The molecule has 1 unspecified atom stereocenters. The molecule has 1 atom stereocenters. The van der Waals surface area contributed by atoms with Crippen LogP contribution in [0.3, 0.4) is 0 Å². The molecule has 1 aliphatic rings. The van der Waals surface area contributed by atoms with E-state index in [0.29, 0.717) is 18.8 Å². The first-order valence-electron chi connectivity index (χ1n) is 9.84. The number of hydrogen-bond acceptors (Lipinski definition) is 4. The van der Waals surface area contributed by atoms with E-state index in [9.17, 15) is 9.59 Å². The molecule has 1 aliphatic heterocycles. The number of amides is 2. The van der Waals surface area contributed by atoms with Gasteiger partial charge in [-0.2, -0.15) is 0 Å². The first kappa shape index (κ1) is 20.4. The number of imidazole rings is 1. The maximum Gasteiger partial charge on any atom is 0.329 e. The molecule has 29 heavy (non-hydrogen) atoms. The number of hydrogen-bond donors (Lipinski definition) is 1. The lowest BCUT2D eigenvalue weighted by atomic mass is 10.0. The minimum absolute atomic E-state index is 0.206. The summed E-state index contributed by atoms with van der Waals surface area (Å²) >= 11 is 0. The van der Waals surface area contributed by atoms with Crippen LogP contribution in [0.5, 0.6) is 0 Å². The summed E-state index contributed by atoms with van der Waals surface area (Å²) < 4.78 is 7.20. The number of fused-ring (bicyclic) bond motifs is 1. The standard InChI is InChI=1S/C20H20N4O3.C2H6/c1-14-7-8-18-21-17(12-23(18)11-14)22-20(26)24-10-9-16(24)19(25)27-13-15-5-3-2-4-6-15;1-2/h2-8,11-12,16H,9-10,13H2,1H3,(H,22,26);1-2H3. The zero-order chi connectivity index (χ0) is 20.8. The number of benzene rings is 1. The second-order valence-electron chi connectivity index (χ2n) is 6.62. The Morgan fingerprint density at radius 2 is 1.90 bits per heavy atom. The van der Waals surface area contributed by atoms with Crippen LogP contribution >= 0.6 is 0 Å². The van der Waals surface area contributed by atoms with Crippen molar-refractivity contribution in [2.45, 2.75) is 39.8 Å². The van der Waals surface area contributed by atoms with Crippen molar-refractivity contribution in [3.05, 3.63) is 66.0 Å². The quantitative estimate of drug-likeness (QED) is 0.678. The van der Waals surface area contributed by atoms with Gasteiger partial charge in [0.05, 0.1) is 6.20 Å². The van der Waals surface area contributed by atoms with Gasteiger partial charge in [-0.1, -0.05) is 50.2 Å². The Morgan fingerprint density at radius 3 is 2.59 bits per heavy atom. The minimum atomic E-state index is -0.548. The SMILES string of the molecule is CC.Cc1ccc2nc(NC(=O)N3CCC3C(=O)OCc3ccccc3)cn2c1. The third-order valence-corrected chi connectivity index (χ3v) is 4.61. The highest BCUT2D eigenvalue weighted by molar-refractivity contribution is 5.93. The zero-order valence-corrected chi connectivity index (χ0v) is 17.0. The van der Waals surface area contributed by atoms with Crippen molar-refractivity contribution in [2.24, 2.45) is 0 Å². The average molecular weight is 394 g/mol. The Labute approximate surface area is 170 Å². The van der Waals surface area contributed by atoms with Crippen LogP contribution < -0.4 is 5.32 Å². The van der Waals surface area contributed by atoms with Crippen molar-refractivity contribution < 1.29 is 14.3 Å². The first-order valence-corrected chi connectivity index (χ1v) is 9.84. The first-order chi connectivity index (χ1) is 14.1. The van der Waals surface area contributed by atoms with Crippen LogP contribution in [0.1, 0.15) is 31.4 Å². The summed E-state index contributed by atoms with van der Waals surface area (Å²) in [7, 11) is 0. The molecule has 0 bridgehead atoms. The Balaban J connectivity index is 0.00000117. The number of likely N-dealkylation sites (tertiary alicyclic amines) is 1. The van der Waals surface area contributed by atoms with Crippen LogP contribution in [-0.4, -0.2) is 38.9 Å². The Hall–Kier alpha value is -3.35. The van der Waals surface area contributed by atoms with E-state index in [1.807, 2.05) is 73.8 Å². The van der Waals surface area contributed by atoms with Crippen molar-refractivity contribution >= 4 is 23.5 Å². The van der Waals surface area contributed by atoms with Gasteiger partial charge in [-0.3, -0.25) is 5.32 Å². The van der Waals surface area contributed by atoms with Crippen LogP contribution in [0.4, 0.5) is 10.6 Å². The summed E-state index contributed by atoms with van der Waals surface area (Å²) in [4.78, 5) is 30.6. The van der Waals surface area contributed by atoms with Crippen molar-refractivity contribution in [3.8, 4) is 0 Å². The monoisotopic (exact) mass is 394 g/mol. The van der Waals surface area contributed by atoms with Gasteiger partial charge in [-0.25, -0.2) is 14.6 Å². The van der Waals surface area contributed by atoms with Crippen molar-refractivity contribution in [3.63, 3.8) is 0 Å². The topological polar surface area (TPSA) is 75.9 Å². The molecule has 1 aromatic carbocycles. The predicted molar refractivity (Wildman–Crippen MR) is 112 cm³/mol. The van der Waals surface area contributed by atoms with E-state index in [-0.39, 0.29) is 18.6 Å². The molecule has 7 nitrogen and oxygen atoms in total. The minimum Gasteiger partial charge on any atom is -0.459 e. The van der Waals surface area contributed by atoms with Crippen molar-refractivity contribution in [1.82, 2.24) is 14.3 Å². The highest BCUT2D eigenvalue weighted by Crippen LogP contribution is 2.21. The normalized spacial score (nSPS) is 15.1. The van der Waals surface area contributed by atoms with Gasteiger partial charge in [0.15, 0.2) is 5.82 Å². The van der Waals surface area contributed by atoms with E-state index in [0.717, 1.165) is 16.8 Å². The van der Waals surface area contributed by atoms with Gasteiger partial charge < -0.3 is 14.0 Å². The van der Waals surface area contributed by atoms with Gasteiger partial charge in [0.1, 0.15) is 18.3 Å². The predicted octanol–water partition coefficient (Wildman–Crippen LogP) is 4.02. The van der Waals surface area contributed by atoms with Crippen LogP contribution in [0.25, 0.3) is 5.65 Å². The molecule has 3 aromatic rings. The van der Waals surface area contributed by atoms with Crippen LogP contribution in [0, 0.1) is 6.92 Å². The highest BCUT2D eigenvalue weighted by Gasteiger charge is 2.39. The molecule has 3 heterocycles. The number of esters is 1. The van der Waals surface area contributed by atoms with E-state index in [4.69, 9.17) is 4.74 Å². The van der Waals surface area contributed by atoms with Gasteiger partial charge in [0.25, 0.3) is 0 Å². The van der Waals surface area contributed by atoms with Gasteiger partial charge in [-0.15, -0.1) is 0 Å². The molecule has 1 saturated heterocycles. The molecular formula is C22H26N4O3. The molecule has 2 amide bonds. The van der Waals surface area contributed by atoms with E-state index in [2.05, 4.69) is 10.3 Å². The molecule has 4 rings (SSSR count). The van der Waals surface area contributed by atoms with Crippen molar-refractivity contribution in [2.75, 3.05) is 11.9 Å². The van der Waals surface area contributed by atoms with Crippen LogP contribution in [-0.2, 0) is 16.1 Å². The van der Waals surface area contributed by atoms with E-state index in [1.54, 1.807) is 6.20 Å². The number of nitrogens with one attached hydrogen (secondary N) is 1. The number of carbonyl (C=O) groups is 2. The molecule has 152 valence electrons. The van der Waals surface area contributed by atoms with Gasteiger partial charge in [0, 0.05) is 12.7 Å². The van der Waals surface area contributed by atoms with E-state index >= 15 is 0 Å². The Kier molecular flexibility index (Phi) is 6.49. The van der Waals surface area contributed by atoms with Gasteiger partial charge in [-0.05, 0) is 30.5 Å². The van der Waals surface area contributed by atoms with Gasteiger partial charge in [0.2, 0.25) is 0 Å². The number of aryl methyl sites for hydroxylation is 1. The fourth-order valence-corrected chi connectivity index (χ4v) is 3.04. The number of anilines is 1. The molecule has 2 aromatic heterocycles. The lowest BCUT2D eigenvalue weighted by molar-refractivity contribution is -0.154. The average Bonchev–Trinajstić information content (AvgIpc) is 3.09. The number of nitrogens with zero attached hydrogens (tertiary/aromatic N) is 3. The summed E-state index contributed by atoms with van der Waals surface area (Å²) in [5, 5.41) is 2.76. The Bertz CT molecular complexity index is 984. The fourth-order valence-electron chi connectivity index (χ4n) is 3.04. The maximum absolute atomic E-state index is 12.5. The molecule has 0 saturated carbocycles. The van der Waals surface area contributed by atoms with Gasteiger partial charge >= 0.3 is 12.0 Å². The van der Waals surface area contributed by atoms with E-state index < -0.39 is 6.04 Å². The number of ether oxygens (including phenoxy) is 1. The summed E-state index contributed by atoms with van der Waals surface area (Å²) in [5.74, 6) is 0.0692. The van der Waals surface area contributed by atoms with Crippen LogP contribution in [0.2, 0.25) is 0 Å². The second-order valence-corrected chi connectivity index (χ2v) is 6.62. The largest absolute Gasteiger partial charge is 0.459 e. The number of pyridine rings is 1. The number of carbonyl (C=O) groups excluding carboxylic acids is 2. The smallest absolute Gasteiger partial charge is 0.329 e. The van der Waals surface area contributed by atoms with Crippen molar-refractivity contribution in [1.29, 1.82) is 0 Å². The second kappa shape index (κ2) is 9.23. The molecule has 1 N–H and O–H groups in total. The zero-order valence-electron chi connectivity index (χ0n) is 17.0. The maximum atomic E-state index is 12.5. The number of rotatable bonds is 4. The lowest BCUT2D eigenvalue weighted by Crippen LogP contribution is -2.57. The third-order valence-electron chi connectivity index (χ3n) is 4.61. The fraction of sp³-hybridized carbons (Fsp3) is 0.318. The highest BCUT2D eigenvalue weighted by atomic mass is 16.5. The summed E-state index contributed by atoms with van der Waals surface area (Å²) in [5.41, 5.74) is 2.77. The summed E-state index contributed by atoms with van der Waals surface area (Å²) in [6.45, 7) is 6.71. The molecule has 0 spiro atoms. The summed E-state index contributed by atoms with van der Waals surface area (Å²) in [6, 6.07) is 12.4.